The van der Waals surface area contributed by atoms with E-state index in [9.17, 15) is 18.0 Å². The van der Waals surface area contributed by atoms with E-state index in [4.69, 9.17) is 4.74 Å². The van der Waals surface area contributed by atoms with Crippen LogP contribution in [0.1, 0.15) is 79.6 Å². The van der Waals surface area contributed by atoms with Crippen molar-refractivity contribution in [2.24, 2.45) is 5.92 Å². The number of unbranched alkanes of at least 4 members (excludes halogenated alkanes) is 2. The zero-order chi connectivity index (χ0) is 18.1. The molecule has 3 nitrogen and oxygen atoms in total. The summed E-state index contributed by atoms with van der Waals surface area (Å²) in [5, 5.41) is 2.01. The molecule has 0 bridgehead atoms. The smallest absolute Gasteiger partial charge is 0.408 e. The fraction of sp³-hybridized carbons (Fsp3) is 0.941. The fourth-order valence-corrected chi connectivity index (χ4v) is 2.53. The number of carbonyl (C=O) groups excluding carboxylic acids is 1. The van der Waals surface area contributed by atoms with Gasteiger partial charge in [-0.05, 0) is 33.1 Å². The first-order valence-electron chi connectivity index (χ1n) is 8.55. The van der Waals surface area contributed by atoms with E-state index in [0.29, 0.717) is 0 Å². The Kier molecular flexibility index (Phi) is 9.63. The van der Waals surface area contributed by atoms with Gasteiger partial charge in [0.2, 0.25) is 0 Å². The Bertz CT molecular complexity index is 338. The van der Waals surface area contributed by atoms with Crippen LogP contribution in [-0.4, -0.2) is 23.9 Å². The summed E-state index contributed by atoms with van der Waals surface area (Å²) in [7, 11) is 0. The lowest BCUT2D eigenvalue weighted by atomic mass is 9.90. The molecular formula is C17H32F3NO2. The van der Waals surface area contributed by atoms with Gasteiger partial charge in [-0.3, -0.25) is 0 Å². The first-order valence-corrected chi connectivity index (χ1v) is 8.55. The molecule has 0 aliphatic rings. The van der Waals surface area contributed by atoms with Crippen molar-refractivity contribution in [2.45, 2.75) is 97.4 Å². The highest BCUT2D eigenvalue weighted by molar-refractivity contribution is 5.68. The Morgan fingerprint density at radius 2 is 1.65 bits per heavy atom. The zero-order valence-electron chi connectivity index (χ0n) is 15.1. The third kappa shape index (κ3) is 11.3. The molecule has 0 saturated carbocycles. The maximum Gasteiger partial charge on any atom is 0.408 e. The van der Waals surface area contributed by atoms with Crippen LogP contribution in [0.4, 0.5) is 18.0 Å². The molecule has 0 aromatic carbocycles. The second kappa shape index (κ2) is 10.0. The molecule has 0 saturated heterocycles. The molecule has 1 amide bonds. The first-order chi connectivity index (χ1) is 10.5. The van der Waals surface area contributed by atoms with Crippen LogP contribution in [0.5, 0.6) is 0 Å². The van der Waals surface area contributed by atoms with Gasteiger partial charge >= 0.3 is 12.3 Å². The van der Waals surface area contributed by atoms with Crippen molar-refractivity contribution in [1.29, 1.82) is 0 Å². The van der Waals surface area contributed by atoms with Crippen molar-refractivity contribution in [3.05, 3.63) is 0 Å². The van der Waals surface area contributed by atoms with Gasteiger partial charge in [0.15, 0.2) is 0 Å². The summed E-state index contributed by atoms with van der Waals surface area (Å²) in [6, 6.07) is -1.85. The molecule has 0 aromatic rings. The van der Waals surface area contributed by atoms with E-state index in [0.717, 1.165) is 38.5 Å². The number of halogens is 3. The van der Waals surface area contributed by atoms with Crippen LogP contribution in [0.2, 0.25) is 0 Å². The molecule has 2 unspecified atom stereocenters. The summed E-state index contributed by atoms with van der Waals surface area (Å²) < 4.78 is 44.6. The number of rotatable bonds is 9. The standard InChI is InChI=1S/C17H32F3NO2/c1-6-8-9-11-13(10-7-2)12-14(17(18,19)20)21-15(22)23-16(3,4)5/h13-14H,6-12H2,1-5H3,(H,21,22). The van der Waals surface area contributed by atoms with Crippen molar-refractivity contribution in [3.8, 4) is 0 Å². The second-order valence-electron chi connectivity index (χ2n) is 7.13. The predicted octanol–water partition coefficient (Wildman–Crippen LogP) is 5.83. The molecule has 0 radical (unpaired) electrons. The van der Waals surface area contributed by atoms with Gasteiger partial charge < -0.3 is 10.1 Å². The summed E-state index contributed by atoms with van der Waals surface area (Å²) in [4.78, 5) is 11.7. The van der Waals surface area contributed by atoms with Gasteiger partial charge in [-0.1, -0.05) is 52.4 Å². The van der Waals surface area contributed by atoms with Crippen LogP contribution >= 0.6 is 0 Å². The monoisotopic (exact) mass is 339 g/mol. The van der Waals surface area contributed by atoms with Crippen molar-refractivity contribution in [3.63, 3.8) is 0 Å². The van der Waals surface area contributed by atoms with Gasteiger partial charge in [0.1, 0.15) is 11.6 Å². The zero-order valence-corrected chi connectivity index (χ0v) is 15.1. The topological polar surface area (TPSA) is 38.3 Å². The van der Waals surface area contributed by atoms with Gasteiger partial charge in [-0.15, -0.1) is 0 Å². The van der Waals surface area contributed by atoms with Crippen LogP contribution in [0.15, 0.2) is 0 Å². The molecule has 0 rings (SSSR count). The van der Waals surface area contributed by atoms with E-state index in [1.165, 1.54) is 0 Å². The average molecular weight is 339 g/mol. The lowest BCUT2D eigenvalue weighted by Crippen LogP contribution is -2.48. The van der Waals surface area contributed by atoms with Crippen LogP contribution in [-0.2, 0) is 4.74 Å². The van der Waals surface area contributed by atoms with Gasteiger partial charge in [-0.25, -0.2) is 4.79 Å². The molecular weight excluding hydrogens is 307 g/mol. The maximum absolute atomic E-state index is 13.2. The van der Waals surface area contributed by atoms with Crippen molar-refractivity contribution in [2.75, 3.05) is 0 Å². The molecule has 1 N–H and O–H groups in total. The highest BCUT2D eigenvalue weighted by Gasteiger charge is 2.42. The number of alkyl halides is 3. The second-order valence-corrected chi connectivity index (χ2v) is 7.13. The van der Waals surface area contributed by atoms with Gasteiger partial charge in [0, 0.05) is 0 Å². The molecule has 0 aliphatic heterocycles. The van der Waals surface area contributed by atoms with Gasteiger partial charge in [0.05, 0.1) is 0 Å². The van der Waals surface area contributed by atoms with Crippen molar-refractivity contribution in [1.82, 2.24) is 5.32 Å². The number of nitrogens with one attached hydrogen (secondary N) is 1. The Morgan fingerprint density at radius 1 is 1.04 bits per heavy atom. The highest BCUT2D eigenvalue weighted by atomic mass is 19.4. The van der Waals surface area contributed by atoms with E-state index in [1.54, 1.807) is 20.8 Å². The molecule has 0 aliphatic carbocycles. The third-order valence-electron chi connectivity index (χ3n) is 3.57. The van der Waals surface area contributed by atoms with Crippen LogP contribution in [0.3, 0.4) is 0 Å². The lowest BCUT2D eigenvalue weighted by molar-refractivity contribution is -0.159. The quantitative estimate of drug-likeness (QED) is 0.537. The molecule has 6 heteroatoms. The predicted molar refractivity (Wildman–Crippen MR) is 86.4 cm³/mol. The van der Waals surface area contributed by atoms with E-state index >= 15 is 0 Å². The van der Waals surface area contributed by atoms with Gasteiger partial charge in [-0.2, -0.15) is 13.2 Å². The number of alkyl carbamates (subject to hydrolysis) is 1. The Morgan fingerprint density at radius 3 is 2.09 bits per heavy atom. The number of carbonyl (C=O) groups is 1. The van der Waals surface area contributed by atoms with E-state index in [-0.39, 0.29) is 12.3 Å². The van der Waals surface area contributed by atoms with Crippen LogP contribution in [0, 0.1) is 5.92 Å². The molecule has 0 heterocycles. The van der Waals surface area contributed by atoms with Crippen LogP contribution < -0.4 is 5.32 Å². The molecule has 0 aromatic heterocycles. The van der Waals surface area contributed by atoms with E-state index in [2.05, 4.69) is 6.92 Å². The first kappa shape index (κ1) is 22.1. The average Bonchev–Trinajstić information content (AvgIpc) is 2.35. The van der Waals surface area contributed by atoms with E-state index < -0.39 is 23.9 Å². The van der Waals surface area contributed by atoms with Crippen molar-refractivity contribution < 1.29 is 22.7 Å². The molecule has 23 heavy (non-hydrogen) atoms. The molecule has 0 fully saturated rings. The summed E-state index contributed by atoms with van der Waals surface area (Å²) in [6.07, 6.45) is -0.214. The number of amides is 1. The Hall–Kier alpha value is -0.940. The summed E-state index contributed by atoms with van der Waals surface area (Å²) in [5.74, 6) is -0.0342. The summed E-state index contributed by atoms with van der Waals surface area (Å²) >= 11 is 0. The fourth-order valence-electron chi connectivity index (χ4n) is 2.53. The minimum absolute atomic E-state index is 0.0342. The Balaban J connectivity index is 4.77. The molecule has 0 spiro atoms. The highest BCUT2D eigenvalue weighted by Crippen LogP contribution is 2.29. The largest absolute Gasteiger partial charge is 0.444 e. The van der Waals surface area contributed by atoms with Crippen molar-refractivity contribution >= 4 is 6.09 Å². The number of hydrogen-bond donors (Lipinski definition) is 1. The lowest BCUT2D eigenvalue weighted by Gasteiger charge is -2.28. The minimum Gasteiger partial charge on any atom is -0.444 e. The SMILES string of the molecule is CCCCCC(CCC)CC(NC(=O)OC(C)(C)C)C(F)(F)F. The molecule has 2 atom stereocenters. The summed E-state index contributed by atoms with van der Waals surface area (Å²) in [5.41, 5.74) is -0.815. The number of ether oxygens (including phenoxy) is 1. The molecule has 138 valence electrons. The van der Waals surface area contributed by atoms with Crippen LogP contribution in [0.25, 0.3) is 0 Å². The van der Waals surface area contributed by atoms with Gasteiger partial charge in [0.25, 0.3) is 0 Å². The summed E-state index contributed by atoms with van der Waals surface area (Å²) in [6.45, 7) is 8.91. The Labute approximate surface area is 138 Å². The minimum atomic E-state index is -4.46. The third-order valence-corrected chi connectivity index (χ3v) is 3.57. The number of hydrogen-bond acceptors (Lipinski definition) is 2. The van der Waals surface area contributed by atoms with E-state index in [1.807, 2.05) is 12.2 Å². The normalized spacial score (nSPS) is 15.1. The maximum atomic E-state index is 13.2.